The fourth-order valence-electron chi connectivity index (χ4n) is 1.32. The van der Waals surface area contributed by atoms with Gasteiger partial charge in [0.1, 0.15) is 0 Å². The first-order chi connectivity index (χ1) is 7.78. The van der Waals surface area contributed by atoms with Gasteiger partial charge in [0.15, 0.2) is 5.82 Å². The first-order valence-electron chi connectivity index (χ1n) is 5.21. The Balaban J connectivity index is 1.97. The second-order valence-corrected chi connectivity index (χ2v) is 4.48. The smallest absolute Gasteiger partial charge is 0.240 e. The molecule has 0 atom stereocenters. The Bertz CT molecular complexity index is 451. The highest BCUT2D eigenvalue weighted by atomic mass is 32.1. The Morgan fingerprint density at radius 1 is 1.44 bits per heavy atom. The molecule has 0 aromatic carbocycles. The van der Waals surface area contributed by atoms with Gasteiger partial charge in [0, 0.05) is 5.38 Å². The van der Waals surface area contributed by atoms with Crippen LogP contribution in [0.15, 0.2) is 9.90 Å². The van der Waals surface area contributed by atoms with Crippen molar-refractivity contribution in [3.8, 4) is 0 Å². The molecular formula is C10H14N4OS. The van der Waals surface area contributed by atoms with Crippen LogP contribution in [0.3, 0.4) is 0 Å². The number of rotatable bonds is 5. The van der Waals surface area contributed by atoms with E-state index in [1.807, 2.05) is 19.2 Å². The van der Waals surface area contributed by atoms with Gasteiger partial charge in [-0.05, 0) is 13.5 Å². The molecule has 1 N–H and O–H groups in total. The number of aromatic nitrogens is 3. The van der Waals surface area contributed by atoms with E-state index in [2.05, 4.69) is 20.4 Å². The van der Waals surface area contributed by atoms with Crippen LogP contribution in [0.4, 0.5) is 0 Å². The van der Waals surface area contributed by atoms with Crippen LogP contribution in [0.2, 0.25) is 0 Å². The molecule has 86 valence electrons. The standard InChI is InChI=1S/C10H14N4OS/c1-3-11-5-10-13-9(14-15-10)4-8-6-16-7(2)12-8/h6,11H,3-5H2,1-2H3. The molecule has 2 heterocycles. The molecule has 2 aromatic rings. The van der Waals surface area contributed by atoms with Crippen molar-refractivity contribution in [3.63, 3.8) is 0 Å². The van der Waals surface area contributed by atoms with E-state index in [1.165, 1.54) is 0 Å². The molecule has 16 heavy (non-hydrogen) atoms. The van der Waals surface area contributed by atoms with Crippen molar-refractivity contribution >= 4 is 11.3 Å². The normalized spacial score (nSPS) is 10.9. The molecule has 0 aliphatic heterocycles. The Hall–Kier alpha value is -1.27. The lowest BCUT2D eigenvalue weighted by atomic mass is 10.3. The first-order valence-corrected chi connectivity index (χ1v) is 6.09. The van der Waals surface area contributed by atoms with Crippen LogP contribution in [-0.4, -0.2) is 21.7 Å². The summed E-state index contributed by atoms with van der Waals surface area (Å²) in [6.45, 7) is 5.54. The molecule has 0 unspecified atom stereocenters. The van der Waals surface area contributed by atoms with Gasteiger partial charge >= 0.3 is 0 Å². The highest BCUT2D eigenvalue weighted by Crippen LogP contribution is 2.11. The maximum Gasteiger partial charge on any atom is 0.240 e. The van der Waals surface area contributed by atoms with Crippen molar-refractivity contribution in [3.05, 3.63) is 27.8 Å². The first kappa shape index (κ1) is 11.2. The van der Waals surface area contributed by atoms with Crippen molar-refractivity contribution in [1.82, 2.24) is 20.4 Å². The SMILES string of the molecule is CCNCc1nc(Cc2csc(C)n2)no1. The van der Waals surface area contributed by atoms with Crippen molar-refractivity contribution in [2.75, 3.05) is 6.54 Å². The zero-order valence-electron chi connectivity index (χ0n) is 9.36. The lowest BCUT2D eigenvalue weighted by Gasteiger charge is -1.92. The van der Waals surface area contributed by atoms with Crippen LogP contribution >= 0.6 is 11.3 Å². The molecule has 0 amide bonds. The Morgan fingerprint density at radius 3 is 3.00 bits per heavy atom. The van der Waals surface area contributed by atoms with Crippen molar-refractivity contribution in [2.45, 2.75) is 26.8 Å². The molecule has 2 rings (SSSR count). The zero-order valence-corrected chi connectivity index (χ0v) is 10.2. The van der Waals surface area contributed by atoms with E-state index in [1.54, 1.807) is 11.3 Å². The second kappa shape index (κ2) is 5.18. The van der Waals surface area contributed by atoms with Crippen LogP contribution in [0.1, 0.15) is 29.3 Å². The molecule has 6 heteroatoms. The van der Waals surface area contributed by atoms with E-state index in [-0.39, 0.29) is 0 Å². The average molecular weight is 238 g/mol. The van der Waals surface area contributed by atoms with Gasteiger partial charge in [-0.1, -0.05) is 12.1 Å². The van der Waals surface area contributed by atoms with Gasteiger partial charge in [-0.15, -0.1) is 11.3 Å². The highest BCUT2D eigenvalue weighted by Gasteiger charge is 2.08. The van der Waals surface area contributed by atoms with Gasteiger partial charge in [-0.25, -0.2) is 4.98 Å². The van der Waals surface area contributed by atoms with E-state index in [0.29, 0.717) is 24.7 Å². The molecule has 0 fully saturated rings. The number of thiazole rings is 1. The molecule has 0 aliphatic carbocycles. The van der Waals surface area contributed by atoms with E-state index < -0.39 is 0 Å². The van der Waals surface area contributed by atoms with E-state index in [0.717, 1.165) is 17.2 Å². The van der Waals surface area contributed by atoms with Gasteiger partial charge in [0.25, 0.3) is 0 Å². The lowest BCUT2D eigenvalue weighted by Crippen LogP contribution is -2.11. The number of nitrogens with zero attached hydrogens (tertiary/aromatic N) is 3. The monoisotopic (exact) mass is 238 g/mol. The fourth-order valence-corrected chi connectivity index (χ4v) is 1.93. The third-order valence-electron chi connectivity index (χ3n) is 2.04. The van der Waals surface area contributed by atoms with Crippen molar-refractivity contribution < 1.29 is 4.52 Å². The van der Waals surface area contributed by atoms with Crippen LogP contribution in [-0.2, 0) is 13.0 Å². The average Bonchev–Trinajstić information content (AvgIpc) is 2.86. The summed E-state index contributed by atoms with van der Waals surface area (Å²) in [4.78, 5) is 8.64. The van der Waals surface area contributed by atoms with Crippen molar-refractivity contribution in [1.29, 1.82) is 0 Å². The summed E-state index contributed by atoms with van der Waals surface area (Å²) in [6, 6.07) is 0. The van der Waals surface area contributed by atoms with Crippen molar-refractivity contribution in [2.24, 2.45) is 0 Å². The van der Waals surface area contributed by atoms with Gasteiger partial charge < -0.3 is 9.84 Å². The van der Waals surface area contributed by atoms with Gasteiger partial charge in [-0.2, -0.15) is 4.98 Å². The number of nitrogens with one attached hydrogen (secondary N) is 1. The van der Waals surface area contributed by atoms with Crippen LogP contribution in [0.5, 0.6) is 0 Å². The van der Waals surface area contributed by atoms with Gasteiger partial charge in [0.2, 0.25) is 5.89 Å². The Kier molecular flexibility index (Phi) is 3.63. The molecule has 0 saturated heterocycles. The summed E-state index contributed by atoms with van der Waals surface area (Å²) < 4.78 is 5.10. The third-order valence-corrected chi connectivity index (χ3v) is 2.86. The largest absolute Gasteiger partial charge is 0.338 e. The van der Waals surface area contributed by atoms with E-state index in [4.69, 9.17) is 4.52 Å². The van der Waals surface area contributed by atoms with Crippen LogP contribution in [0, 0.1) is 6.92 Å². The van der Waals surface area contributed by atoms with E-state index in [9.17, 15) is 0 Å². The number of hydrogen-bond acceptors (Lipinski definition) is 6. The predicted molar refractivity (Wildman–Crippen MR) is 61.3 cm³/mol. The molecule has 0 saturated carbocycles. The van der Waals surface area contributed by atoms with Gasteiger partial charge in [-0.3, -0.25) is 0 Å². The summed E-state index contributed by atoms with van der Waals surface area (Å²) in [5.74, 6) is 1.32. The number of hydrogen-bond donors (Lipinski definition) is 1. The summed E-state index contributed by atoms with van der Waals surface area (Å²) in [5, 5.41) is 10.1. The fraction of sp³-hybridized carbons (Fsp3) is 0.500. The molecule has 0 radical (unpaired) electrons. The molecule has 0 bridgehead atoms. The van der Waals surface area contributed by atoms with Crippen LogP contribution in [0.25, 0.3) is 0 Å². The summed E-state index contributed by atoms with van der Waals surface area (Å²) in [5.41, 5.74) is 0.998. The summed E-state index contributed by atoms with van der Waals surface area (Å²) >= 11 is 1.63. The molecule has 0 spiro atoms. The second-order valence-electron chi connectivity index (χ2n) is 3.42. The third kappa shape index (κ3) is 2.86. The maximum absolute atomic E-state index is 5.10. The Labute approximate surface area is 97.9 Å². The predicted octanol–water partition coefficient (Wildman–Crippen LogP) is 1.53. The Morgan fingerprint density at radius 2 is 2.31 bits per heavy atom. The maximum atomic E-state index is 5.10. The number of aryl methyl sites for hydroxylation is 1. The van der Waals surface area contributed by atoms with Gasteiger partial charge in [0.05, 0.1) is 23.7 Å². The molecule has 0 aliphatic rings. The summed E-state index contributed by atoms with van der Waals surface area (Å²) in [7, 11) is 0. The minimum absolute atomic E-state index is 0.625. The summed E-state index contributed by atoms with van der Waals surface area (Å²) in [6.07, 6.45) is 0.639. The molecular weight excluding hydrogens is 224 g/mol. The zero-order chi connectivity index (χ0) is 11.4. The highest BCUT2D eigenvalue weighted by molar-refractivity contribution is 7.09. The molecule has 5 nitrogen and oxygen atoms in total. The quantitative estimate of drug-likeness (QED) is 0.856. The lowest BCUT2D eigenvalue weighted by molar-refractivity contribution is 0.365. The topological polar surface area (TPSA) is 63.8 Å². The molecule has 2 aromatic heterocycles. The van der Waals surface area contributed by atoms with E-state index >= 15 is 0 Å². The minimum Gasteiger partial charge on any atom is -0.338 e. The minimum atomic E-state index is 0.625. The van der Waals surface area contributed by atoms with Crippen LogP contribution < -0.4 is 5.32 Å².